The van der Waals surface area contributed by atoms with Gasteiger partial charge < -0.3 is 0 Å². The van der Waals surface area contributed by atoms with E-state index in [9.17, 15) is 17.6 Å². The molecule has 1 unspecified atom stereocenters. The fraction of sp³-hybridized carbons (Fsp3) is 0.167. The lowest BCUT2D eigenvalue weighted by molar-refractivity contribution is -0.140. The molecule has 1 heterocycles. The van der Waals surface area contributed by atoms with Crippen molar-refractivity contribution in [3.05, 3.63) is 54.9 Å². The van der Waals surface area contributed by atoms with Gasteiger partial charge in [-0.1, -0.05) is 33.6 Å². The number of thiophene rings is 1. The molecule has 0 nitrogen and oxygen atoms in total. The number of hydrogen-bond acceptors (Lipinski definition) is 1. The van der Waals surface area contributed by atoms with Crippen LogP contribution in [-0.2, 0) is 6.18 Å². The second kappa shape index (κ2) is 5.94. The molecule has 2 rings (SSSR count). The first-order valence-corrected chi connectivity index (χ1v) is 8.06. The predicted octanol–water partition coefficient (Wildman–Crippen LogP) is 6.81. The summed E-state index contributed by atoms with van der Waals surface area (Å²) in [6.07, 6.45) is -4.72. The summed E-state index contributed by atoms with van der Waals surface area (Å²) in [5, 5.41) is 0. The Morgan fingerprint density at radius 2 is 1.85 bits per heavy atom. The number of rotatable bonds is 2. The van der Waals surface area contributed by atoms with Gasteiger partial charge in [-0.25, -0.2) is 4.39 Å². The minimum absolute atomic E-state index is 0.309. The van der Waals surface area contributed by atoms with E-state index < -0.39 is 22.4 Å². The van der Waals surface area contributed by atoms with Crippen molar-refractivity contribution in [3.8, 4) is 0 Å². The molecule has 2 aromatic rings. The fourth-order valence-electron chi connectivity index (χ4n) is 1.57. The van der Waals surface area contributed by atoms with Crippen molar-refractivity contribution in [2.24, 2.45) is 0 Å². The van der Waals surface area contributed by atoms with Crippen molar-refractivity contribution in [2.75, 3.05) is 0 Å². The van der Waals surface area contributed by atoms with Crippen LogP contribution in [-0.4, -0.2) is 0 Å². The maximum atomic E-state index is 13.2. The Morgan fingerprint density at radius 1 is 1.20 bits per heavy atom. The van der Waals surface area contributed by atoms with E-state index in [0.717, 1.165) is 17.0 Å². The van der Waals surface area contributed by atoms with Gasteiger partial charge in [0.05, 0.1) is 10.4 Å². The SMILES string of the molecule is Fc1ccc(C(Br)c2cc(Br)c(Cl)s2)cc1C(F)(F)F. The van der Waals surface area contributed by atoms with E-state index in [1.54, 1.807) is 6.07 Å². The number of halogens is 7. The molecular weight excluding hydrogens is 447 g/mol. The van der Waals surface area contributed by atoms with E-state index >= 15 is 0 Å². The van der Waals surface area contributed by atoms with E-state index in [1.165, 1.54) is 17.4 Å². The number of alkyl halides is 4. The summed E-state index contributed by atoms with van der Waals surface area (Å²) in [7, 11) is 0. The molecule has 1 aromatic heterocycles. The zero-order valence-electron chi connectivity index (χ0n) is 9.44. The first kappa shape index (κ1) is 16.3. The Balaban J connectivity index is 2.43. The monoisotopic (exact) mass is 450 g/mol. The number of hydrogen-bond donors (Lipinski definition) is 0. The van der Waals surface area contributed by atoms with Gasteiger partial charge in [-0.15, -0.1) is 11.3 Å². The average Bonchev–Trinajstić information content (AvgIpc) is 2.68. The third-order valence-corrected chi connectivity index (χ3v) is 6.37. The van der Waals surface area contributed by atoms with E-state index in [1.807, 2.05) is 0 Å². The molecule has 20 heavy (non-hydrogen) atoms. The van der Waals surface area contributed by atoms with Crippen molar-refractivity contribution >= 4 is 54.8 Å². The first-order valence-electron chi connectivity index (χ1n) is 5.15. The summed E-state index contributed by atoms with van der Waals surface area (Å²) in [6, 6.07) is 4.64. The van der Waals surface area contributed by atoms with E-state index in [-0.39, 0.29) is 0 Å². The summed E-state index contributed by atoms with van der Waals surface area (Å²) in [6.45, 7) is 0. The van der Waals surface area contributed by atoms with Crippen LogP contribution >= 0.6 is 54.8 Å². The lowest BCUT2D eigenvalue weighted by Crippen LogP contribution is -2.09. The molecule has 0 fully saturated rings. The van der Waals surface area contributed by atoms with Crippen LogP contribution in [0.2, 0.25) is 4.34 Å². The van der Waals surface area contributed by atoms with Crippen molar-refractivity contribution in [1.82, 2.24) is 0 Å². The maximum absolute atomic E-state index is 13.2. The van der Waals surface area contributed by atoms with Crippen LogP contribution in [0.1, 0.15) is 20.8 Å². The van der Waals surface area contributed by atoms with Crippen LogP contribution < -0.4 is 0 Å². The summed E-state index contributed by atoms with van der Waals surface area (Å²) in [5.41, 5.74) is -0.967. The highest BCUT2D eigenvalue weighted by atomic mass is 79.9. The van der Waals surface area contributed by atoms with Crippen molar-refractivity contribution in [1.29, 1.82) is 0 Å². The topological polar surface area (TPSA) is 0 Å². The highest BCUT2D eigenvalue weighted by Crippen LogP contribution is 2.42. The van der Waals surface area contributed by atoms with Crippen LogP contribution in [0.25, 0.3) is 0 Å². The molecule has 1 aromatic carbocycles. The Hall–Kier alpha value is -0.110. The molecular formula is C12H5Br2ClF4S. The highest BCUT2D eigenvalue weighted by Gasteiger charge is 2.34. The van der Waals surface area contributed by atoms with Gasteiger partial charge in [0.1, 0.15) is 10.2 Å². The van der Waals surface area contributed by atoms with Gasteiger partial charge in [0.15, 0.2) is 0 Å². The zero-order valence-corrected chi connectivity index (χ0v) is 14.2. The zero-order chi connectivity index (χ0) is 15.1. The van der Waals surface area contributed by atoms with Gasteiger partial charge in [0.25, 0.3) is 0 Å². The normalized spacial score (nSPS) is 13.6. The van der Waals surface area contributed by atoms with Crippen LogP contribution in [0.4, 0.5) is 17.6 Å². The molecule has 0 spiro atoms. The van der Waals surface area contributed by atoms with E-state index in [2.05, 4.69) is 31.9 Å². The van der Waals surface area contributed by atoms with Crippen LogP contribution in [0, 0.1) is 5.82 Å². The molecule has 0 aliphatic heterocycles. The van der Waals surface area contributed by atoms with Crippen LogP contribution in [0.5, 0.6) is 0 Å². The largest absolute Gasteiger partial charge is 0.419 e. The molecule has 108 valence electrons. The molecule has 0 N–H and O–H groups in total. The Bertz CT molecular complexity index is 619. The molecule has 0 bridgehead atoms. The molecule has 1 atom stereocenters. The van der Waals surface area contributed by atoms with Gasteiger partial charge in [0.2, 0.25) is 0 Å². The predicted molar refractivity (Wildman–Crippen MR) is 79.2 cm³/mol. The van der Waals surface area contributed by atoms with Gasteiger partial charge in [0, 0.05) is 9.35 Å². The van der Waals surface area contributed by atoms with Gasteiger partial charge in [-0.3, -0.25) is 0 Å². The molecule has 0 aliphatic rings. The Labute approximate surface area is 138 Å². The van der Waals surface area contributed by atoms with Crippen molar-refractivity contribution in [2.45, 2.75) is 11.0 Å². The van der Waals surface area contributed by atoms with Gasteiger partial charge in [-0.2, -0.15) is 13.2 Å². The Morgan fingerprint density at radius 3 is 2.35 bits per heavy atom. The smallest absolute Gasteiger partial charge is 0.206 e. The first-order chi connectivity index (χ1) is 9.20. The van der Waals surface area contributed by atoms with Crippen LogP contribution in [0.3, 0.4) is 0 Å². The third kappa shape index (κ3) is 3.37. The molecule has 0 saturated carbocycles. The van der Waals surface area contributed by atoms with E-state index in [0.29, 0.717) is 14.4 Å². The van der Waals surface area contributed by atoms with E-state index in [4.69, 9.17) is 11.6 Å². The minimum atomic E-state index is -4.72. The highest BCUT2D eigenvalue weighted by molar-refractivity contribution is 9.10. The second-order valence-electron chi connectivity index (χ2n) is 3.87. The molecule has 0 radical (unpaired) electrons. The number of benzene rings is 1. The molecule has 0 aliphatic carbocycles. The van der Waals surface area contributed by atoms with Crippen LogP contribution in [0.15, 0.2) is 28.7 Å². The third-order valence-electron chi connectivity index (χ3n) is 2.50. The van der Waals surface area contributed by atoms with Gasteiger partial charge in [-0.05, 0) is 39.7 Å². The quantitative estimate of drug-likeness (QED) is 0.347. The van der Waals surface area contributed by atoms with Crippen molar-refractivity contribution in [3.63, 3.8) is 0 Å². The summed E-state index contributed by atoms with van der Waals surface area (Å²) < 4.78 is 52.5. The summed E-state index contributed by atoms with van der Waals surface area (Å²) >= 11 is 13.7. The van der Waals surface area contributed by atoms with Crippen molar-refractivity contribution < 1.29 is 17.6 Å². The standard InChI is InChI=1S/C12H5Br2ClF4S/c13-7-4-9(20-11(7)15)10(14)5-1-2-8(16)6(3-5)12(17,18)19/h1-4,10H. The Kier molecular flexibility index (Phi) is 4.83. The minimum Gasteiger partial charge on any atom is -0.206 e. The molecule has 0 amide bonds. The average molecular weight is 452 g/mol. The van der Waals surface area contributed by atoms with Gasteiger partial charge >= 0.3 is 6.18 Å². The second-order valence-corrected chi connectivity index (χ2v) is 7.33. The maximum Gasteiger partial charge on any atom is 0.419 e. The summed E-state index contributed by atoms with van der Waals surface area (Å²) in [4.78, 5) is 0.236. The summed E-state index contributed by atoms with van der Waals surface area (Å²) in [5.74, 6) is -1.29. The molecule has 0 saturated heterocycles. The lowest BCUT2D eigenvalue weighted by Gasteiger charge is -2.13. The molecule has 8 heteroatoms. The lowest BCUT2D eigenvalue weighted by atomic mass is 10.1. The fourth-order valence-corrected chi connectivity index (χ4v) is 4.01.